The summed E-state index contributed by atoms with van der Waals surface area (Å²) in [7, 11) is 0. The van der Waals surface area contributed by atoms with Crippen LogP contribution >= 0.6 is 0 Å². The molecule has 0 radical (unpaired) electrons. The van der Waals surface area contributed by atoms with Crippen LogP contribution in [-0.4, -0.2) is 17.3 Å². The van der Waals surface area contributed by atoms with Gasteiger partial charge in [0.2, 0.25) is 0 Å². The summed E-state index contributed by atoms with van der Waals surface area (Å²) in [4.78, 5) is 33.9. The summed E-state index contributed by atoms with van der Waals surface area (Å²) in [6.45, 7) is 11.5. The van der Waals surface area contributed by atoms with E-state index in [1.165, 1.54) is 0 Å². The molecule has 0 fully saturated rings. The quantitative estimate of drug-likeness (QED) is 0.437. The Hall–Kier alpha value is -1.97. The second-order valence-corrected chi connectivity index (χ2v) is 7.28. The van der Waals surface area contributed by atoms with Gasteiger partial charge in [-0.15, -0.1) is 0 Å². The van der Waals surface area contributed by atoms with Gasteiger partial charge < -0.3 is 5.73 Å². The molecule has 27 heavy (non-hydrogen) atoms. The molecule has 1 aromatic rings. The molecule has 0 aromatic heterocycles. The van der Waals surface area contributed by atoms with E-state index >= 15 is 0 Å². The lowest BCUT2D eigenvalue weighted by Crippen LogP contribution is -2.12. The molecular weight excluding hydrogens is 338 g/mol. The van der Waals surface area contributed by atoms with Crippen LogP contribution in [0.5, 0.6) is 0 Å². The number of aryl methyl sites for hydroxylation is 1. The largest absolute Gasteiger partial charge is 0.399 e. The summed E-state index contributed by atoms with van der Waals surface area (Å²) in [6, 6.07) is 5.55. The lowest BCUT2D eigenvalue weighted by Gasteiger charge is -2.11. The molecule has 2 unspecified atom stereocenters. The Morgan fingerprint density at radius 3 is 2.11 bits per heavy atom. The van der Waals surface area contributed by atoms with Gasteiger partial charge in [0.1, 0.15) is 11.6 Å². The van der Waals surface area contributed by atoms with Gasteiger partial charge in [-0.25, -0.2) is 0 Å². The molecule has 0 saturated carbocycles. The van der Waals surface area contributed by atoms with Gasteiger partial charge in [0.05, 0.1) is 0 Å². The summed E-state index contributed by atoms with van der Waals surface area (Å²) in [5.74, 6) is 0.837. The second-order valence-electron chi connectivity index (χ2n) is 7.28. The molecule has 1 rings (SSSR count). The van der Waals surface area contributed by atoms with Crippen molar-refractivity contribution in [2.75, 3.05) is 5.73 Å². The third-order valence-electron chi connectivity index (χ3n) is 4.91. The van der Waals surface area contributed by atoms with Crippen molar-refractivity contribution in [3.05, 3.63) is 29.3 Å². The van der Waals surface area contributed by atoms with E-state index in [0.29, 0.717) is 19.3 Å². The fraction of sp³-hybridized carbons (Fsp3) is 0.609. The fourth-order valence-electron chi connectivity index (χ4n) is 2.58. The van der Waals surface area contributed by atoms with E-state index in [1.807, 2.05) is 46.8 Å². The van der Waals surface area contributed by atoms with E-state index < -0.39 is 0 Å². The minimum atomic E-state index is 0.0470. The topological polar surface area (TPSA) is 77.2 Å². The lowest BCUT2D eigenvalue weighted by molar-refractivity contribution is -0.121. The van der Waals surface area contributed by atoms with Gasteiger partial charge in [0.15, 0.2) is 5.78 Å². The van der Waals surface area contributed by atoms with E-state index in [-0.39, 0.29) is 29.2 Å². The van der Waals surface area contributed by atoms with Crippen LogP contribution in [0.1, 0.15) is 89.6 Å². The number of nitrogens with two attached hydrogens (primary N) is 1. The Labute approximate surface area is 164 Å². The molecule has 1 aromatic carbocycles. The first-order chi connectivity index (χ1) is 12.7. The number of anilines is 1. The molecule has 2 atom stereocenters. The number of Topliss-reactive ketones (excluding diaryl/α,β-unsaturated/α-hetero) is 3. The van der Waals surface area contributed by atoms with E-state index in [1.54, 1.807) is 13.0 Å². The number of nitrogen functional groups attached to an aromatic ring is 1. The predicted octanol–water partition coefficient (Wildman–Crippen LogP) is 5.42. The van der Waals surface area contributed by atoms with Crippen molar-refractivity contribution in [2.45, 2.75) is 80.1 Å². The highest BCUT2D eigenvalue weighted by molar-refractivity contribution is 5.99. The molecule has 0 heterocycles. The summed E-state index contributed by atoms with van der Waals surface area (Å²) in [5, 5.41) is 0. The zero-order chi connectivity index (χ0) is 21.0. The minimum Gasteiger partial charge on any atom is -0.399 e. The lowest BCUT2D eigenvalue weighted by atomic mass is 9.92. The van der Waals surface area contributed by atoms with Crippen LogP contribution in [-0.2, 0) is 16.0 Å². The van der Waals surface area contributed by atoms with E-state index in [0.717, 1.165) is 36.1 Å². The average Bonchev–Trinajstić information content (AvgIpc) is 2.65. The number of carbonyl (C=O) groups is 3. The van der Waals surface area contributed by atoms with Crippen molar-refractivity contribution in [2.24, 2.45) is 11.8 Å². The molecule has 152 valence electrons. The summed E-state index contributed by atoms with van der Waals surface area (Å²) in [5.41, 5.74) is 8.32. The molecule has 0 bridgehead atoms. The molecule has 0 aliphatic heterocycles. The van der Waals surface area contributed by atoms with Gasteiger partial charge >= 0.3 is 0 Å². The first kappa shape index (κ1) is 25.0. The van der Waals surface area contributed by atoms with Crippen molar-refractivity contribution < 1.29 is 14.4 Å². The van der Waals surface area contributed by atoms with Crippen LogP contribution < -0.4 is 5.73 Å². The maximum absolute atomic E-state index is 12.0. The van der Waals surface area contributed by atoms with Gasteiger partial charge in [0, 0.05) is 35.9 Å². The summed E-state index contributed by atoms with van der Waals surface area (Å²) < 4.78 is 0. The molecule has 0 aliphatic carbocycles. The summed E-state index contributed by atoms with van der Waals surface area (Å²) >= 11 is 0. The van der Waals surface area contributed by atoms with Crippen molar-refractivity contribution in [1.29, 1.82) is 0 Å². The molecule has 0 aliphatic rings. The molecule has 0 amide bonds. The van der Waals surface area contributed by atoms with E-state index in [2.05, 4.69) is 0 Å². The predicted molar refractivity (Wildman–Crippen MR) is 113 cm³/mol. The van der Waals surface area contributed by atoms with Gasteiger partial charge in [-0.2, -0.15) is 0 Å². The van der Waals surface area contributed by atoms with Crippen molar-refractivity contribution in [3.63, 3.8) is 0 Å². The molecular formula is C23H37NO3. The fourth-order valence-corrected chi connectivity index (χ4v) is 2.58. The zero-order valence-electron chi connectivity index (χ0n) is 17.9. The zero-order valence-corrected chi connectivity index (χ0v) is 17.9. The van der Waals surface area contributed by atoms with Gasteiger partial charge in [-0.1, -0.05) is 34.6 Å². The Morgan fingerprint density at radius 2 is 1.63 bits per heavy atom. The number of carbonyl (C=O) groups excluding carboxylic acids is 3. The maximum atomic E-state index is 12.0. The molecule has 4 heteroatoms. The van der Waals surface area contributed by atoms with Gasteiger partial charge in [-0.3, -0.25) is 14.4 Å². The standard InChI is InChI=1S/C13H19NO.C10H18O2/c1-4-9(3)13(15)12-7-6-11(14)8-10(12)5-2;1-4-5-10(12)7-6-8(2)9(3)11/h6-9H,4-5,14H2,1-3H3;8H,4-7H2,1-3H3. The second kappa shape index (κ2) is 13.2. The first-order valence-electron chi connectivity index (χ1n) is 10.1. The maximum Gasteiger partial charge on any atom is 0.165 e. The van der Waals surface area contributed by atoms with Crippen LogP contribution in [0.2, 0.25) is 0 Å². The molecule has 2 N–H and O–H groups in total. The normalized spacial score (nSPS) is 12.5. The highest BCUT2D eigenvalue weighted by Gasteiger charge is 2.16. The number of hydrogen-bond donors (Lipinski definition) is 1. The number of rotatable bonds is 10. The molecule has 0 spiro atoms. The minimum absolute atomic E-state index is 0.0470. The SMILES string of the molecule is CCCC(=O)CCC(C)C(C)=O.CCc1cc(N)ccc1C(=O)C(C)CC. The van der Waals surface area contributed by atoms with Gasteiger partial charge in [0.25, 0.3) is 0 Å². The Kier molecular flexibility index (Phi) is 12.3. The van der Waals surface area contributed by atoms with Crippen molar-refractivity contribution >= 4 is 23.0 Å². The monoisotopic (exact) mass is 375 g/mol. The van der Waals surface area contributed by atoms with E-state index in [4.69, 9.17) is 5.73 Å². The van der Waals surface area contributed by atoms with Crippen LogP contribution in [0.25, 0.3) is 0 Å². The third kappa shape index (κ3) is 9.50. The highest BCUT2D eigenvalue weighted by Crippen LogP contribution is 2.19. The highest BCUT2D eigenvalue weighted by atomic mass is 16.1. The van der Waals surface area contributed by atoms with Gasteiger partial charge in [-0.05, 0) is 56.4 Å². The molecule has 0 saturated heterocycles. The van der Waals surface area contributed by atoms with Crippen LogP contribution in [0.15, 0.2) is 18.2 Å². The van der Waals surface area contributed by atoms with Crippen molar-refractivity contribution in [3.8, 4) is 0 Å². The molecule has 4 nitrogen and oxygen atoms in total. The van der Waals surface area contributed by atoms with Crippen LogP contribution in [0, 0.1) is 11.8 Å². The smallest absolute Gasteiger partial charge is 0.165 e. The summed E-state index contributed by atoms with van der Waals surface area (Å²) in [6.07, 6.45) is 4.58. The Bertz CT molecular complexity index is 622. The van der Waals surface area contributed by atoms with E-state index in [9.17, 15) is 14.4 Å². The van der Waals surface area contributed by atoms with Crippen LogP contribution in [0.3, 0.4) is 0 Å². The third-order valence-corrected chi connectivity index (χ3v) is 4.91. The number of hydrogen-bond acceptors (Lipinski definition) is 4. The van der Waals surface area contributed by atoms with Crippen molar-refractivity contribution in [1.82, 2.24) is 0 Å². The average molecular weight is 376 g/mol. The Morgan fingerprint density at radius 1 is 1.00 bits per heavy atom. The number of ketones is 3. The van der Waals surface area contributed by atoms with Crippen LogP contribution in [0.4, 0.5) is 5.69 Å². The Balaban J connectivity index is 0.000000516. The first-order valence-corrected chi connectivity index (χ1v) is 10.1. The number of benzene rings is 1.